The minimum atomic E-state index is -0.0232. The van der Waals surface area contributed by atoms with Crippen LogP contribution in [0.4, 0.5) is 5.69 Å². The van der Waals surface area contributed by atoms with Gasteiger partial charge < -0.3 is 11.1 Å². The Morgan fingerprint density at radius 1 is 1.42 bits per heavy atom. The molecule has 0 spiro atoms. The molecule has 19 heavy (non-hydrogen) atoms. The number of rotatable bonds is 3. The van der Waals surface area contributed by atoms with E-state index in [-0.39, 0.29) is 11.9 Å². The Kier molecular flexibility index (Phi) is 4.50. The van der Waals surface area contributed by atoms with E-state index in [1.54, 1.807) is 0 Å². The van der Waals surface area contributed by atoms with E-state index in [1.807, 2.05) is 19.1 Å². The number of benzene rings is 1. The lowest BCUT2D eigenvalue weighted by Crippen LogP contribution is -2.37. The summed E-state index contributed by atoms with van der Waals surface area (Å²) in [4.78, 5) is 12.3. The number of halogens is 1. The van der Waals surface area contributed by atoms with Crippen LogP contribution in [-0.4, -0.2) is 11.9 Å². The number of anilines is 1. The summed E-state index contributed by atoms with van der Waals surface area (Å²) in [5, 5.41) is 3.12. The second-order valence-corrected chi connectivity index (χ2v) is 6.39. The van der Waals surface area contributed by atoms with E-state index in [9.17, 15) is 4.79 Å². The van der Waals surface area contributed by atoms with E-state index in [2.05, 4.69) is 28.2 Å². The minimum absolute atomic E-state index is 0.0232. The maximum atomic E-state index is 12.3. The Hall–Kier alpha value is -1.03. The van der Waals surface area contributed by atoms with Crippen LogP contribution in [0.25, 0.3) is 0 Å². The third kappa shape index (κ3) is 3.30. The predicted octanol–water partition coefficient (Wildman–Crippen LogP) is 3.65. The number of nitrogens with two attached hydrogens (primary N) is 1. The van der Waals surface area contributed by atoms with E-state index in [4.69, 9.17) is 5.73 Å². The molecule has 2 rings (SSSR count). The van der Waals surface area contributed by atoms with Crippen LogP contribution in [0.3, 0.4) is 0 Å². The van der Waals surface area contributed by atoms with Crippen LogP contribution in [0.2, 0.25) is 0 Å². The lowest BCUT2D eigenvalue weighted by molar-refractivity contribution is 0.0926. The molecule has 104 valence electrons. The van der Waals surface area contributed by atoms with Gasteiger partial charge in [-0.05, 0) is 50.3 Å². The van der Waals surface area contributed by atoms with Crippen molar-refractivity contribution in [2.75, 3.05) is 5.73 Å². The Bertz CT molecular complexity index is 481. The average Bonchev–Trinajstić information content (AvgIpc) is 2.87. The van der Waals surface area contributed by atoms with Gasteiger partial charge in [-0.2, -0.15) is 0 Å². The van der Waals surface area contributed by atoms with Gasteiger partial charge in [-0.3, -0.25) is 4.79 Å². The zero-order chi connectivity index (χ0) is 14.0. The largest absolute Gasteiger partial charge is 0.398 e. The number of hydrogen-bond donors (Lipinski definition) is 2. The molecule has 0 aromatic heterocycles. The van der Waals surface area contributed by atoms with Crippen molar-refractivity contribution in [3.8, 4) is 0 Å². The van der Waals surface area contributed by atoms with Crippen molar-refractivity contribution >= 4 is 27.5 Å². The molecule has 1 aromatic carbocycles. The predicted molar refractivity (Wildman–Crippen MR) is 82.2 cm³/mol. The van der Waals surface area contributed by atoms with Crippen molar-refractivity contribution in [2.24, 2.45) is 5.92 Å². The first kappa shape index (κ1) is 14.4. The molecular formula is C15H21BrN2O. The van der Waals surface area contributed by atoms with Crippen LogP contribution in [-0.2, 0) is 0 Å². The Balaban J connectivity index is 2.11. The molecule has 0 saturated heterocycles. The second kappa shape index (κ2) is 5.95. The Morgan fingerprint density at radius 2 is 2.05 bits per heavy atom. The molecule has 1 atom stereocenters. The monoisotopic (exact) mass is 324 g/mol. The highest BCUT2D eigenvalue weighted by Gasteiger charge is 2.23. The minimum Gasteiger partial charge on any atom is -0.398 e. The highest BCUT2D eigenvalue weighted by atomic mass is 79.9. The van der Waals surface area contributed by atoms with Crippen molar-refractivity contribution in [1.29, 1.82) is 0 Å². The summed E-state index contributed by atoms with van der Waals surface area (Å²) in [6.45, 7) is 3.99. The number of carbonyl (C=O) groups is 1. The van der Waals surface area contributed by atoms with Crippen LogP contribution in [0, 0.1) is 12.8 Å². The lowest BCUT2D eigenvalue weighted by Gasteiger charge is -2.21. The standard InChI is InChI=1S/C15H21BrN2O/c1-9-13(7-12(16)8-14(9)17)15(19)18-10(2)11-5-3-4-6-11/h7-8,10-11H,3-6,17H2,1-2H3,(H,18,19). The average molecular weight is 325 g/mol. The molecule has 1 fully saturated rings. The van der Waals surface area contributed by atoms with E-state index in [0.29, 0.717) is 17.2 Å². The van der Waals surface area contributed by atoms with Gasteiger partial charge in [0.25, 0.3) is 5.91 Å². The molecular weight excluding hydrogens is 304 g/mol. The molecule has 0 radical (unpaired) electrons. The summed E-state index contributed by atoms with van der Waals surface area (Å²) in [5.74, 6) is 0.596. The number of amides is 1. The zero-order valence-corrected chi connectivity index (χ0v) is 13.1. The van der Waals surface area contributed by atoms with Gasteiger partial charge in [0.2, 0.25) is 0 Å². The molecule has 0 heterocycles. The SMILES string of the molecule is Cc1c(N)cc(Br)cc1C(=O)NC(C)C1CCCC1. The summed E-state index contributed by atoms with van der Waals surface area (Å²) in [6, 6.07) is 3.89. The molecule has 1 unspecified atom stereocenters. The van der Waals surface area contributed by atoms with Gasteiger partial charge in [-0.1, -0.05) is 28.8 Å². The Morgan fingerprint density at radius 3 is 2.68 bits per heavy atom. The van der Waals surface area contributed by atoms with Gasteiger partial charge in [0.05, 0.1) is 0 Å². The van der Waals surface area contributed by atoms with Crippen LogP contribution in [0.5, 0.6) is 0 Å². The molecule has 4 heteroatoms. The fourth-order valence-corrected chi connectivity index (χ4v) is 3.27. The molecule has 1 aliphatic rings. The number of nitrogens with one attached hydrogen (secondary N) is 1. The van der Waals surface area contributed by atoms with Crippen LogP contribution < -0.4 is 11.1 Å². The quantitative estimate of drug-likeness (QED) is 0.834. The lowest BCUT2D eigenvalue weighted by atomic mass is 9.99. The maximum absolute atomic E-state index is 12.3. The van der Waals surface area contributed by atoms with Crippen molar-refractivity contribution < 1.29 is 4.79 Å². The van der Waals surface area contributed by atoms with Gasteiger partial charge in [0, 0.05) is 21.8 Å². The summed E-state index contributed by atoms with van der Waals surface area (Å²) < 4.78 is 0.842. The third-order valence-corrected chi connectivity index (χ3v) is 4.58. The van der Waals surface area contributed by atoms with Gasteiger partial charge in [0.15, 0.2) is 0 Å². The van der Waals surface area contributed by atoms with Crippen molar-refractivity contribution in [3.63, 3.8) is 0 Å². The molecule has 1 aliphatic carbocycles. The maximum Gasteiger partial charge on any atom is 0.251 e. The van der Waals surface area contributed by atoms with Crippen LogP contribution >= 0.6 is 15.9 Å². The van der Waals surface area contributed by atoms with Crippen LogP contribution in [0.15, 0.2) is 16.6 Å². The smallest absolute Gasteiger partial charge is 0.251 e. The summed E-state index contributed by atoms with van der Waals surface area (Å²) >= 11 is 3.39. The first-order chi connectivity index (χ1) is 8.99. The molecule has 1 saturated carbocycles. The molecule has 1 amide bonds. The van der Waals surface area contributed by atoms with E-state index >= 15 is 0 Å². The van der Waals surface area contributed by atoms with Gasteiger partial charge >= 0.3 is 0 Å². The van der Waals surface area contributed by atoms with Crippen molar-refractivity contribution in [2.45, 2.75) is 45.6 Å². The second-order valence-electron chi connectivity index (χ2n) is 5.47. The first-order valence-corrected chi connectivity index (χ1v) is 7.65. The van der Waals surface area contributed by atoms with E-state index in [0.717, 1.165) is 10.0 Å². The fourth-order valence-electron chi connectivity index (χ4n) is 2.80. The number of carbonyl (C=O) groups excluding carboxylic acids is 1. The van der Waals surface area contributed by atoms with Crippen LogP contribution in [0.1, 0.15) is 48.5 Å². The Labute approximate surface area is 123 Å². The number of hydrogen-bond acceptors (Lipinski definition) is 2. The molecule has 3 N–H and O–H groups in total. The fraction of sp³-hybridized carbons (Fsp3) is 0.533. The number of nitrogen functional groups attached to an aromatic ring is 1. The first-order valence-electron chi connectivity index (χ1n) is 6.85. The van der Waals surface area contributed by atoms with E-state index < -0.39 is 0 Å². The molecule has 1 aromatic rings. The van der Waals surface area contributed by atoms with Gasteiger partial charge in [-0.25, -0.2) is 0 Å². The van der Waals surface area contributed by atoms with Gasteiger partial charge in [0.1, 0.15) is 0 Å². The van der Waals surface area contributed by atoms with E-state index in [1.165, 1.54) is 25.7 Å². The highest BCUT2D eigenvalue weighted by Crippen LogP contribution is 2.28. The molecule has 0 aliphatic heterocycles. The summed E-state index contributed by atoms with van der Waals surface area (Å²) in [6.07, 6.45) is 5.02. The van der Waals surface area contributed by atoms with Crippen molar-refractivity contribution in [1.82, 2.24) is 5.32 Å². The normalized spacial score (nSPS) is 17.4. The summed E-state index contributed by atoms with van der Waals surface area (Å²) in [5.41, 5.74) is 8.06. The topological polar surface area (TPSA) is 55.1 Å². The third-order valence-electron chi connectivity index (χ3n) is 4.12. The molecule has 0 bridgehead atoms. The van der Waals surface area contributed by atoms with Crippen molar-refractivity contribution in [3.05, 3.63) is 27.7 Å². The van der Waals surface area contributed by atoms with Gasteiger partial charge in [-0.15, -0.1) is 0 Å². The summed E-state index contributed by atoms with van der Waals surface area (Å²) in [7, 11) is 0. The zero-order valence-electron chi connectivity index (χ0n) is 11.5. The highest BCUT2D eigenvalue weighted by molar-refractivity contribution is 9.10. The molecule has 3 nitrogen and oxygen atoms in total.